The molecule has 0 unspecified atom stereocenters. The van der Waals surface area contributed by atoms with Crippen LogP contribution < -0.4 is 5.32 Å². The molecule has 9 heteroatoms. The number of anilines is 1. The summed E-state index contributed by atoms with van der Waals surface area (Å²) in [7, 11) is 0. The van der Waals surface area contributed by atoms with Crippen molar-refractivity contribution < 1.29 is 35.1 Å². The van der Waals surface area contributed by atoms with Gasteiger partial charge < -0.3 is 5.32 Å². The molecule has 0 amide bonds. The Morgan fingerprint density at radius 1 is 0.742 bits per heavy atom. The van der Waals surface area contributed by atoms with Crippen LogP contribution in [0.5, 0.6) is 0 Å². The number of nitrogens with one attached hydrogen (secondary N) is 1. The van der Waals surface area contributed by atoms with E-state index in [0.29, 0.717) is 18.2 Å². The normalized spacial score (nSPS) is 11.5. The summed E-state index contributed by atoms with van der Waals surface area (Å²) in [6, 6.07) is 6.34. The van der Waals surface area contributed by atoms with Gasteiger partial charge in [-0.05, 0) is 35.4 Å². The number of alkyl halides is 3. The lowest BCUT2D eigenvalue weighted by Gasteiger charge is -2.15. The Morgan fingerprint density at radius 3 is 1.94 bits per heavy atom. The second kappa shape index (κ2) is 8.41. The zero-order valence-electron chi connectivity index (χ0n) is 15.6. The summed E-state index contributed by atoms with van der Waals surface area (Å²) in [6.45, 7) is 3.44. The van der Waals surface area contributed by atoms with Crippen LogP contribution in [0.25, 0.3) is 5.70 Å². The van der Waals surface area contributed by atoms with E-state index in [2.05, 4.69) is 11.9 Å². The molecule has 1 nitrogen and oxygen atoms in total. The largest absolute Gasteiger partial charge is 0.416 e. The van der Waals surface area contributed by atoms with E-state index in [-0.39, 0.29) is 22.5 Å². The van der Waals surface area contributed by atoms with Gasteiger partial charge in [0.25, 0.3) is 0 Å². The van der Waals surface area contributed by atoms with Gasteiger partial charge in [0, 0.05) is 29.9 Å². The fraction of sp³-hybridized carbons (Fsp3) is 0.0909. The molecule has 3 rings (SSSR count). The lowest BCUT2D eigenvalue weighted by molar-refractivity contribution is -0.138. The number of benzene rings is 3. The minimum atomic E-state index is -4.82. The first kappa shape index (κ1) is 22.3. The second-order valence-corrected chi connectivity index (χ2v) is 6.63. The van der Waals surface area contributed by atoms with Crippen LogP contribution in [0, 0.1) is 29.1 Å². The molecule has 3 aromatic carbocycles. The number of hydrogen-bond acceptors (Lipinski definition) is 1. The Hall–Kier alpha value is -3.36. The van der Waals surface area contributed by atoms with Crippen molar-refractivity contribution in [2.24, 2.45) is 0 Å². The van der Waals surface area contributed by atoms with Crippen molar-refractivity contribution in [3.63, 3.8) is 0 Å². The Morgan fingerprint density at radius 2 is 1.35 bits per heavy atom. The van der Waals surface area contributed by atoms with Crippen LogP contribution in [0.1, 0.15) is 22.3 Å². The van der Waals surface area contributed by atoms with Crippen LogP contribution in [-0.2, 0) is 12.6 Å². The van der Waals surface area contributed by atoms with Gasteiger partial charge in [0.05, 0.1) is 11.1 Å². The molecule has 0 aliphatic rings. The lowest BCUT2D eigenvalue weighted by atomic mass is 9.98. The topological polar surface area (TPSA) is 12.0 Å². The molecule has 0 aliphatic heterocycles. The molecule has 0 radical (unpaired) electrons. The van der Waals surface area contributed by atoms with Gasteiger partial charge in [0.1, 0.15) is 29.1 Å². The molecule has 0 heterocycles. The van der Waals surface area contributed by atoms with Crippen molar-refractivity contribution in [2.45, 2.75) is 12.6 Å². The van der Waals surface area contributed by atoms with E-state index >= 15 is 0 Å². The average molecular weight is 443 g/mol. The Labute approximate surface area is 171 Å². The van der Waals surface area contributed by atoms with Crippen LogP contribution in [-0.4, -0.2) is 0 Å². The predicted molar refractivity (Wildman–Crippen MR) is 99.6 cm³/mol. The highest BCUT2D eigenvalue weighted by Gasteiger charge is 2.33. The zero-order chi connectivity index (χ0) is 22.9. The maximum atomic E-state index is 14.5. The van der Waals surface area contributed by atoms with Crippen molar-refractivity contribution in [3.05, 3.63) is 106 Å². The molecule has 0 atom stereocenters. The SMILES string of the molecule is C=C(Nc1ccc(Cc2ccc(F)cc2C(F)(F)F)c(F)c1)c1c(F)cc(F)cc1F. The predicted octanol–water partition coefficient (Wildman–Crippen LogP) is 7.07. The molecule has 0 aliphatic carbocycles. The van der Waals surface area contributed by atoms with E-state index in [9.17, 15) is 35.1 Å². The van der Waals surface area contributed by atoms with Gasteiger partial charge in [-0.25, -0.2) is 22.0 Å². The third-order valence-electron chi connectivity index (χ3n) is 4.42. The smallest absolute Gasteiger partial charge is 0.355 e. The minimum absolute atomic E-state index is 0.00419. The van der Waals surface area contributed by atoms with E-state index in [1.165, 1.54) is 12.1 Å². The van der Waals surface area contributed by atoms with E-state index in [0.717, 1.165) is 18.2 Å². The summed E-state index contributed by atoms with van der Waals surface area (Å²) in [5, 5.41) is 2.47. The minimum Gasteiger partial charge on any atom is -0.355 e. The van der Waals surface area contributed by atoms with Gasteiger partial charge in [-0.3, -0.25) is 0 Å². The third kappa shape index (κ3) is 5.04. The van der Waals surface area contributed by atoms with Crippen molar-refractivity contribution in [3.8, 4) is 0 Å². The molecule has 31 heavy (non-hydrogen) atoms. The van der Waals surface area contributed by atoms with Crippen molar-refractivity contribution >= 4 is 11.4 Å². The fourth-order valence-corrected chi connectivity index (χ4v) is 3.01. The van der Waals surface area contributed by atoms with Gasteiger partial charge >= 0.3 is 6.18 Å². The monoisotopic (exact) mass is 443 g/mol. The molecule has 0 saturated heterocycles. The van der Waals surface area contributed by atoms with Crippen LogP contribution in [0.15, 0.2) is 55.1 Å². The first-order chi connectivity index (χ1) is 14.5. The highest BCUT2D eigenvalue weighted by atomic mass is 19.4. The van der Waals surface area contributed by atoms with Crippen molar-refractivity contribution in [2.75, 3.05) is 5.32 Å². The number of hydrogen-bond donors (Lipinski definition) is 1. The summed E-state index contributed by atoms with van der Waals surface area (Å²) in [4.78, 5) is 0. The highest BCUT2D eigenvalue weighted by Crippen LogP contribution is 2.34. The van der Waals surface area contributed by atoms with Gasteiger partial charge in [-0.15, -0.1) is 0 Å². The summed E-state index contributed by atoms with van der Waals surface area (Å²) in [5.74, 6) is -5.54. The van der Waals surface area contributed by atoms with Crippen molar-refractivity contribution in [1.82, 2.24) is 0 Å². The quantitative estimate of drug-likeness (QED) is 0.416. The lowest BCUT2D eigenvalue weighted by Crippen LogP contribution is -2.10. The Bertz CT molecular complexity index is 1130. The molecule has 162 valence electrons. The zero-order valence-corrected chi connectivity index (χ0v) is 15.6. The third-order valence-corrected chi connectivity index (χ3v) is 4.42. The van der Waals surface area contributed by atoms with Gasteiger partial charge in [-0.1, -0.05) is 18.7 Å². The summed E-state index contributed by atoms with van der Waals surface area (Å²) < 4.78 is 108. The van der Waals surface area contributed by atoms with Gasteiger partial charge in [0.2, 0.25) is 0 Å². The first-order valence-electron chi connectivity index (χ1n) is 8.70. The van der Waals surface area contributed by atoms with E-state index in [1.807, 2.05) is 0 Å². The van der Waals surface area contributed by atoms with Crippen LogP contribution in [0.3, 0.4) is 0 Å². The standard InChI is InChI=1S/C22H13F8N/c1-11(21-19(26)8-15(24)9-20(21)27)31-16-5-3-13(18(25)10-16)6-12-2-4-14(23)7-17(12)22(28,29)30/h2-5,7-10,31H,1,6H2. The van der Waals surface area contributed by atoms with E-state index < -0.39 is 52.8 Å². The molecular formula is C22H13F8N. The van der Waals surface area contributed by atoms with Crippen molar-refractivity contribution in [1.29, 1.82) is 0 Å². The van der Waals surface area contributed by atoms with E-state index in [1.54, 1.807) is 0 Å². The summed E-state index contributed by atoms with van der Waals surface area (Å²) >= 11 is 0. The molecule has 1 N–H and O–H groups in total. The van der Waals surface area contributed by atoms with Crippen LogP contribution in [0.4, 0.5) is 40.8 Å². The maximum Gasteiger partial charge on any atom is 0.416 e. The van der Waals surface area contributed by atoms with Gasteiger partial charge in [-0.2, -0.15) is 13.2 Å². The fourth-order valence-electron chi connectivity index (χ4n) is 3.01. The summed E-state index contributed by atoms with van der Waals surface area (Å²) in [6.07, 6.45) is -5.29. The molecule has 3 aromatic rings. The van der Waals surface area contributed by atoms with Gasteiger partial charge in [0.15, 0.2) is 0 Å². The van der Waals surface area contributed by atoms with E-state index in [4.69, 9.17) is 0 Å². The van der Waals surface area contributed by atoms with Crippen LogP contribution in [0.2, 0.25) is 0 Å². The number of halogens is 8. The Balaban J connectivity index is 1.84. The van der Waals surface area contributed by atoms with Crippen LogP contribution >= 0.6 is 0 Å². The molecule has 0 spiro atoms. The molecule has 0 aromatic heterocycles. The highest BCUT2D eigenvalue weighted by molar-refractivity contribution is 5.76. The first-order valence-corrected chi connectivity index (χ1v) is 8.70. The molecule has 0 bridgehead atoms. The Kier molecular flexibility index (Phi) is 6.06. The second-order valence-electron chi connectivity index (χ2n) is 6.63. The summed E-state index contributed by atoms with van der Waals surface area (Å²) in [5.41, 5.74) is -2.62. The molecule has 0 fully saturated rings. The average Bonchev–Trinajstić information content (AvgIpc) is 2.63. The number of rotatable bonds is 5. The maximum absolute atomic E-state index is 14.5. The molecule has 0 saturated carbocycles. The molecular weight excluding hydrogens is 430 g/mol.